The van der Waals surface area contributed by atoms with Gasteiger partial charge in [-0.25, -0.2) is 0 Å². The van der Waals surface area contributed by atoms with Crippen LogP contribution in [0.2, 0.25) is 0 Å². The van der Waals surface area contributed by atoms with Crippen molar-refractivity contribution < 1.29 is 19.1 Å². The molecule has 136 valence electrons. The zero-order valence-electron chi connectivity index (χ0n) is 14.8. The first-order chi connectivity index (χ1) is 12.1. The smallest absolute Gasteiger partial charge is 0.265 e. The lowest BCUT2D eigenvalue weighted by atomic mass is 9.88. The molecule has 1 aromatic rings. The number of benzene rings is 1. The minimum atomic E-state index is -0.613. The monoisotopic (exact) mass is 346 g/mol. The van der Waals surface area contributed by atoms with Crippen LogP contribution in [0.3, 0.4) is 0 Å². The number of anilines is 1. The molecule has 2 amide bonds. The van der Waals surface area contributed by atoms with E-state index >= 15 is 0 Å². The Balaban J connectivity index is 1.54. The van der Waals surface area contributed by atoms with Crippen molar-refractivity contribution in [1.82, 2.24) is 5.32 Å². The van der Waals surface area contributed by atoms with Crippen LogP contribution in [-0.2, 0) is 9.53 Å². The van der Waals surface area contributed by atoms with Crippen LogP contribution in [0.5, 0.6) is 5.75 Å². The number of carbonyl (C=O) groups excluding carboxylic acids is 2. The van der Waals surface area contributed by atoms with Gasteiger partial charge >= 0.3 is 0 Å². The predicted molar refractivity (Wildman–Crippen MR) is 94.9 cm³/mol. The molecule has 1 aromatic carbocycles. The minimum absolute atomic E-state index is 0.208. The second-order valence-electron chi connectivity index (χ2n) is 6.86. The van der Waals surface area contributed by atoms with E-state index in [4.69, 9.17) is 9.47 Å². The highest BCUT2D eigenvalue weighted by Gasteiger charge is 2.27. The summed E-state index contributed by atoms with van der Waals surface area (Å²) in [6.45, 7) is 4.84. The molecular formula is C19H26N2O4. The maximum atomic E-state index is 12.5. The maximum Gasteiger partial charge on any atom is 0.265 e. The fraction of sp³-hybridized carbons (Fsp3) is 0.579. The van der Waals surface area contributed by atoms with Crippen LogP contribution in [-0.4, -0.2) is 37.2 Å². The van der Waals surface area contributed by atoms with Gasteiger partial charge in [-0.2, -0.15) is 0 Å². The molecule has 6 nitrogen and oxygen atoms in total. The molecule has 0 unspecified atom stereocenters. The first-order valence-electron chi connectivity index (χ1n) is 9.06. The second-order valence-corrected chi connectivity index (χ2v) is 6.86. The molecule has 0 bridgehead atoms. The molecule has 1 aliphatic heterocycles. The molecule has 1 saturated carbocycles. The van der Waals surface area contributed by atoms with Crippen molar-refractivity contribution >= 4 is 17.5 Å². The van der Waals surface area contributed by atoms with Crippen molar-refractivity contribution in [2.75, 3.05) is 18.5 Å². The zero-order valence-corrected chi connectivity index (χ0v) is 14.8. The highest BCUT2D eigenvalue weighted by molar-refractivity contribution is 6.03. The summed E-state index contributed by atoms with van der Waals surface area (Å²) in [6.07, 6.45) is 4.51. The van der Waals surface area contributed by atoms with Crippen LogP contribution in [0.25, 0.3) is 0 Å². The van der Waals surface area contributed by atoms with E-state index in [1.54, 1.807) is 25.1 Å². The van der Waals surface area contributed by atoms with E-state index < -0.39 is 6.10 Å². The normalized spacial score (nSPS) is 25.5. The lowest BCUT2D eigenvalue weighted by Gasteiger charge is -2.28. The van der Waals surface area contributed by atoms with Gasteiger partial charge in [0.2, 0.25) is 0 Å². The summed E-state index contributed by atoms with van der Waals surface area (Å²) in [4.78, 5) is 24.1. The Bertz CT molecular complexity index is 646. The molecule has 0 saturated heterocycles. The van der Waals surface area contributed by atoms with Gasteiger partial charge < -0.3 is 20.1 Å². The number of fused-ring (bicyclic) bond motifs is 1. The molecule has 1 fully saturated rings. The third-order valence-electron chi connectivity index (χ3n) is 4.93. The lowest BCUT2D eigenvalue weighted by molar-refractivity contribution is -0.122. The largest absolute Gasteiger partial charge is 0.478 e. The Kier molecular flexibility index (Phi) is 5.58. The minimum Gasteiger partial charge on any atom is -0.478 e. The molecule has 6 heteroatoms. The van der Waals surface area contributed by atoms with E-state index in [1.807, 2.05) is 0 Å². The van der Waals surface area contributed by atoms with E-state index in [0.717, 1.165) is 6.42 Å². The highest BCUT2D eigenvalue weighted by atomic mass is 16.5. The van der Waals surface area contributed by atoms with Crippen LogP contribution in [0.15, 0.2) is 18.2 Å². The molecule has 0 radical (unpaired) electrons. The molecule has 0 aromatic heterocycles. The number of rotatable bonds is 5. The van der Waals surface area contributed by atoms with Gasteiger partial charge in [0.15, 0.2) is 11.9 Å². The Morgan fingerprint density at radius 3 is 2.92 bits per heavy atom. The van der Waals surface area contributed by atoms with Gasteiger partial charge in [-0.05, 0) is 37.8 Å². The number of amides is 2. The molecule has 25 heavy (non-hydrogen) atoms. The van der Waals surface area contributed by atoms with Gasteiger partial charge in [0.1, 0.15) is 0 Å². The van der Waals surface area contributed by atoms with E-state index in [1.165, 1.54) is 19.3 Å². The van der Waals surface area contributed by atoms with Gasteiger partial charge in [-0.1, -0.05) is 25.8 Å². The molecule has 1 aliphatic carbocycles. The number of hydrogen-bond donors (Lipinski definition) is 2. The first kappa shape index (κ1) is 17.7. The summed E-state index contributed by atoms with van der Waals surface area (Å²) < 4.78 is 11.5. The summed E-state index contributed by atoms with van der Waals surface area (Å²) in [5.41, 5.74) is 0.957. The van der Waals surface area contributed by atoms with Crippen LogP contribution < -0.4 is 15.4 Å². The molecular weight excluding hydrogens is 320 g/mol. The van der Waals surface area contributed by atoms with E-state index in [2.05, 4.69) is 17.6 Å². The fourth-order valence-corrected chi connectivity index (χ4v) is 3.41. The SMILES string of the molecule is C[C@@H]1Oc2c(cccc2C(=O)NCCO[C@H]2CCCC[C@H]2C)NC1=O. The van der Waals surface area contributed by atoms with E-state index in [-0.39, 0.29) is 11.8 Å². The second kappa shape index (κ2) is 7.87. The van der Waals surface area contributed by atoms with Crippen LogP contribution in [0.4, 0.5) is 5.69 Å². The number of nitrogens with one attached hydrogen (secondary N) is 2. The van der Waals surface area contributed by atoms with Crippen molar-refractivity contribution in [1.29, 1.82) is 0 Å². The highest BCUT2D eigenvalue weighted by Crippen LogP contribution is 2.33. The zero-order chi connectivity index (χ0) is 17.8. The number of carbonyl (C=O) groups is 2. The topological polar surface area (TPSA) is 76.7 Å². The van der Waals surface area contributed by atoms with Crippen molar-refractivity contribution in [3.8, 4) is 5.75 Å². The first-order valence-corrected chi connectivity index (χ1v) is 9.06. The average Bonchev–Trinajstić information content (AvgIpc) is 2.60. The maximum absolute atomic E-state index is 12.5. The molecule has 3 rings (SSSR count). The molecule has 2 aliphatic rings. The molecule has 2 N–H and O–H groups in total. The number of hydrogen-bond acceptors (Lipinski definition) is 4. The van der Waals surface area contributed by atoms with Gasteiger partial charge in [0.05, 0.1) is 24.0 Å². The van der Waals surface area contributed by atoms with Gasteiger partial charge in [0.25, 0.3) is 11.8 Å². The molecule has 1 heterocycles. The van der Waals surface area contributed by atoms with E-state index in [0.29, 0.717) is 42.2 Å². The van der Waals surface area contributed by atoms with Crippen molar-refractivity contribution in [2.24, 2.45) is 5.92 Å². The average molecular weight is 346 g/mol. The van der Waals surface area contributed by atoms with Gasteiger partial charge in [-0.15, -0.1) is 0 Å². The molecule has 0 spiro atoms. The fourth-order valence-electron chi connectivity index (χ4n) is 3.41. The standard InChI is InChI=1S/C19H26N2O4/c1-12-6-3-4-9-16(12)24-11-10-20-19(23)14-7-5-8-15-17(14)25-13(2)18(22)21-15/h5,7-8,12-13,16H,3-4,6,9-11H2,1-2H3,(H,20,23)(H,21,22)/t12-,13+,16+/m1/s1. The Morgan fingerprint density at radius 2 is 2.12 bits per heavy atom. The van der Waals surface area contributed by atoms with Crippen molar-refractivity contribution in [3.05, 3.63) is 23.8 Å². The van der Waals surface area contributed by atoms with Crippen LogP contribution in [0, 0.1) is 5.92 Å². The number of ether oxygens (including phenoxy) is 2. The summed E-state index contributed by atoms with van der Waals surface area (Å²) in [7, 11) is 0. The van der Waals surface area contributed by atoms with Gasteiger partial charge in [-0.3, -0.25) is 9.59 Å². The van der Waals surface area contributed by atoms with Crippen molar-refractivity contribution in [2.45, 2.75) is 51.7 Å². The summed E-state index contributed by atoms with van der Waals surface area (Å²) in [5, 5.41) is 5.62. The third-order valence-corrected chi connectivity index (χ3v) is 4.93. The summed E-state index contributed by atoms with van der Waals surface area (Å²) >= 11 is 0. The predicted octanol–water partition coefficient (Wildman–Crippen LogP) is 2.73. The summed E-state index contributed by atoms with van der Waals surface area (Å²) in [6, 6.07) is 5.15. The Morgan fingerprint density at radius 1 is 1.32 bits per heavy atom. The third kappa shape index (κ3) is 4.12. The van der Waals surface area contributed by atoms with Crippen molar-refractivity contribution in [3.63, 3.8) is 0 Å². The summed E-state index contributed by atoms with van der Waals surface area (Å²) in [5.74, 6) is 0.582. The Labute approximate surface area is 148 Å². The van der Waals surface area contributed by atoms with Crippen LogP contribution >= 0.6 is 0 Å². The quantitative estimate of drug-likeness (QED) is 0.804. The van der Waals surface area contributed by atoms with E-state index in [9.17, 15) is 9.59 Å². The molecule has 3 atom stereocenters. The Hall–Kier alpha value is -2.08. The number of para-hydroxylation sites is 1. The van der Waals surface area contributed by atoms with Gasteiger partial charge in [0, 0.05) is 6.54 Å². The van der Waals surface area contributed by atoms with Crippen LogP contribution in [0.1, 0.15) is 49.9 Å². The lowest BCUT2D eigenvalue weighted by Crippen LogP contribution is -2.36.